The molecule has 4 nitrogen and oxygen atoms in total. The summed E-state index contributed by atoms with van der Waals surface area (Å²) in [5.74, 6) is 1.57. The van der Waals surface area contributed by atoms with Crippen LogP contribution in [-0.4, -0.2) is 14.2 Å². The molecule has 0 aliphatic carbocycles. The van der Waals surface area contributed by atoms with Gasteiger partial charge in [-0.2, -0.15) is 0 Å². The molecule has 4 heteroatoms. The average Bonchev–Trinajstić information content (AvgIpc) is 2.47. The maximum Gasteiger partial charge on any atom is 0.121 e. The first kappa shape index (κ1) is 14.2. The summed E-state index contributed by atoms with van der Waals surface area (Å²) in [6, 6.07) is 13.4. The lowest BCUT2D eigenvalue weighted by atomic mass is 10.2. The second kappa shape index (κ2) is 6.82. The molecule has 0 aromatic heterocycles. The van der Waals surface area contributed by atoms with Gasteiger partial charge in [-0.25, -0.2) is 0 Å². The molecule has 2 rings (SSSR count). The number of hydrogen-bond donors (Lipinski definition) is 1. The Morgan fingerprint density at radius 1 is 0.850 bits per heavy atom. The molecule has 0 saturated heterocycles. The van der Waals surface area contributed by atoms with Gasteiger partial charge in [0.1, 0.15) is 11.5 Å². The minimum absolute atomic E-state index is 0.485. The molecular formula is C16H19NO3. The zero-order valence-electron chi connectivity index (χ0n) is 11.8. The van der Waals surface area contributed by atoms with Gasteiger partial charge >= 0.3 is 0 Å². The first-order chi connectivity index (χ1) is 9.71. The normalized spacial score (nSPS) is 10.3. The second-order valence-corrected chi connectivity index (χ2v) is 4.46. The Labute approximate surface area is 119 Å². The largest absolute Gasteiger partial charge is 0.497 e. The minimum Gasteiger partial charge on any atom is -0.497 e. The van der Waals surface area contributed by atoms with Crippen molar-refractivity contribution in [2.24, 2.45) is 0 Å². The summed E-state index contributed by atoms with van der Waals surface area (Å²) in [5.41, 5.74) is 8.53. The van der Waals surface area contributed by atoms with Crippen LogP contribution in [0.1, 0.15) is 11.1 Å². The van der Waals surface area contributed by atoms with Crippen LogP contribution in [0.5, 0.6) is 11.5 Å². The van der Waals surface area contributed by atoms with Crippen LogP contribution in [0, 0.1) is 0 Å². The Balaban J connectivity index is 1.93. The molecule has 0 saturated carbocycles. The Kier molecular flexibility index (Phi) is 4.85. The molecule has 0 spiro atoms. The quantitative estimate of drug-likeness (QED) is 0.822. The summed E-state index contributed by atoms with van der Waals surface area (Å²) in [6.45, 7) is 1.01. The number of anilines is 1. The van der Waals surface area contributed by atoms with Crippen molar-refractivity contribution < 1.29 is 14.2 Å². The maximum absolute atomic E-state index is 5.80. The number of methoxy groups -OCH3 is 2. The van der Waals surface area contributed by atoms with Gasteiger partial charge in [0.2, 0.25) is 0 Å². The van der Waals surface area contributed by atoms with Crippen LogP contribution in [-0.2, 0) is 18.0 Å². The number of ether oxygens (including phenoxy) is 3. The van der Waals surface area contributed by atoms with Crippen LogP contribution in [0.2, 0.25) is 0 Å². The van der Waals surface area contributed by atoms with Crippen molar-refractivity contribution >= 4 is 5.69 Å². The van der Waals surface area contributed by atoms with Crippen LogP contribution in [0.25, 0.3) is 0 Å². The second-order valence-electron chi connectivity index (χ2n) is 4.46. The van der Waals surface area contributed by atoms with E-state index in [9.17, 15) is 0 Å². The van der Waals surface area contributed by atoms with Gasteiger partial charge in [-0.15, -0.1) is 0 Å². The summed E-state index contributed by atoms with van der Waals surface area (Å²) in [7, 11) is 3.27. The van der Waals surface area contributed by atoms with Gasteiger partial charge in [-0.3, -0.25) is 0 Å². The van der Waals surface area contributed by atoms with E-state index in [0.29, 0.717) is 18.9 Å². The van der Waals surface area contributed by atoms with E-state index in [-0.39, 0.29) is 0 Å². The lowest BCUT2D eigenvalue weighted by Crippen LogP contribution is -1.97. The van der Waals surface area contributed by atoms with Crippen LogP contribution in [0.4, 0.5) is 5.69 Å². The van der Waals surface area contributed by atoms with Gasteiger partial charge in [0, 0.05) is 11.8 Å². The molecule has 20 heavy (non-hydrogen) atoms. The molecule has 2 aromatic carbocycles. The molecular weight excluding hydrogens is 254 g/mol. The van der Waals surface area contributed by atoms with E-state index in [4.69, 9.17) is 19.9 Å². The van der Waals surface area contributed by atoms with E-state index in [2.05, 4.69) is 0 Å². The molecule has 0 aliphatic heterocycles. The number of hydrogen-bond acceptors (Lipinski definition) is 4. The zero-order valence-corrected chi connectivity index (χ0v) is 11.8. The summed E-state index contributed by atoms with van der Waals surface area (Å²) >= 11 is 0. The summed E-state index contributed by atoms with van der Waals surface area (Å²) < 4.78 is 16.0. The summed E-state index contributed by atoms with van der Waals surface area (Å²) in [5, 5.41) is 0. The van der Waals surface area contributed by atoms with Gasteiger partial charge in [-0.05, 0) is 35.4 Å². The molecule has 0 atom stereocenters. The Hall–Kier alpha value is -2.20. The highest BCUT2D eigenvalue weighted by molar-refractivity contribution is 5.47. The zero-order chi connectivity index (χ0) is 14.4. The van der Waals surface area contributed by atoms with E-state index >= 15 is 0 Å². The van der Waals surface area contributed by atoms with Crippen molar-refractivity contribution in [3.63, 3.8) is 0 Å². The highest BCUT2D eigenvalue weighted by Gasteiger charge is 2.01. The number of benzene rings is 2. The topological polar surface area (TPSA) is 53.7 Å². The summed E-state index contributed by atoms with van der Waals surface area (Å²) in [4.78, 5) is 0. The average molecular weight is 273 g/mol. The van der Waals surface area contributed by atoms with Gasteiger partial charge in [-0.1, -0.05) is 12.1 Å². The van der Waals surface area contributed by atoms with Crippen LogP contribution < -0.4 is 15.2 Å². The molecule has 0 aliphatic rings. The van der Waals surface area contributed by atoms with E-state index in [1.54, 1.807) is 20.3 Å². The molecule has 2 N–H and O–H groups in total. The van der Waals surface area contributed by atoms with Gasteiger partial charge in [0.05, 0.1) is 27.4 Å². The molecule has 0 unspecified atom stereocenters. The third kappa shape index (κ3) is 3.90. The highest BCUT2D eigenvalue weighted by atomic mass is 16.5. The van der Waals surface area contributed by atoms with Crippen LogP contribution in [0.15, 0.2) is 42.5 Å². The molecule has 0 radical (unpaired) electrons. The van der Waals surface area contributed by atoms with Crippen LogP contribution in [0.3, 0.4) is 0 Å². The Morgan fingerprint density at radius 3 is 2.30 bits per heavy atom. The first-order valence-electron chi connectivity index (χ1n) is 6.35. The standard InChI is InChI=1S/C16H19NO3/c1-18-15-5-3-4-12(7-15)10-20-11-13-6-14(17)9-16(8-13)19-2/h3-9H,10-11,17H2,1-2H3. The van der Waals surface area contributed by atoms with Crippen molar-refractivity contribution in [2.45, 2.75) is 13.2 Å². The molecule has 0 bridgehead atoms. The molecule has 0 amide bonds. The van der Waals surface area contributed by atoms with E-state index in [0.717, 1.165) is 22.6 Å². The smallest absolute Gasteiger partial charge is 0.121 e. The highest BCUT2D eigenvalue weighted by Crippen LogP contribution is 2.20. The predicted octanol–water partition coefficient (Wildman–Crippen LogP) is 3.00. The lowest BCUT2D eigenvalue weighted by Gasteiger charge is -2.08. The number of nitrogens with two attached hydrogens (primary N) is 1. The van der Waals surface area contributed by atoms with Gasteiger partial charge in [0.25, 0.3) is 0 Å². The monoisotopic (exact) mass is 273 g/mol. The fourth-order valence-electron chi connectivity index (χ4n) is 1.94. The van der Waals surface area contributed by atoms with Crippen molar-refractivity contribution in [3.05, 3.63) is 53.6 Å². The maximum atomic E-state index is 5.80. The Bertz CT molecular complexity index is 569. The van der Waals surface area contributed by atoms with Crippen molar-refractivity contribution in [2.75, 3.05) is 20.0 Å². The van der Waals surface area contributed by atoms with Gasteiger partial charge in [0.15, 0.2) is 0 Å². The SMILES string of the molecule is COc1cccc(COCc2cc(N)cc(OC)c2)c1. The third-order valence-corrected chi connectivity index (χ3v) is 2.90. The van der Waals surface area contributed by atoms with Crippen molar-refractivity contribution in [1.82, 2.24) is 0 Å². The molecule has 106 valence electrons. The third-order valence-electron chi connectivity index (χ3n) is 2.90. The Morgan fingerprint density at radius 2 is 1.55 bits per heavy atom. The minimum atomic E-state index is 0.485. The van der Waals surface area contributed by atoms with Crippen molar-refractivity contribution in [1.29, 1.82) is 0 Å². The van der Waals surface area contributed by atoms with Crippen LogP contribution >= 0.6 is 0 Å². The van der Waals surface area contributed by atoms with E-state index < -0.39 is 0 Å². The van der Waals surface area contributed by atoms with E-state index in [1.807, 2.05) is 36.4 Å². The van der Waals surface area contributed by atoms with Crippen molar-refractivity contribution in [3.8, 4) is 11.5 Å². The first-order valence-corrected chi connectivity index (χ1v) is 6.35. The number of nitrogen functional groups attached to an aromatic ring is 1. The number of rotatable bonds is 6. The lowest BCUT2D eigenvalue weighted by molar-refractivity contribution is 0.107. The molecule has 2 aromatic rings. The fourth-order valence-corrected chi connectivity index (χ4v) is 1.94. The summed E-state index contributed by atoms with van der Waals surface area (Å²) in [6.07, 6.45) is 0. The fraction of sp³-hybridized carbons (Fsp3) is 0.250. The predicted molar refractivity (Wildman–Crippen MR) is 78.9 cm³/mol. The molecule has 0 heterocycles. The van der Waals surface area contributed by atoms with E-state index in [1.165, 1.54) is 0 Å². The molecule has 0 fully saturated rings. The van der Waals surface area contributed by atoms with Gasteiger partial charge < -0.3 is 19.9 Å².